The van der Waals surface area contributed by atoms with Crippen LogP contribution >= 0.6 is 0 Å². The molecule has 19 heavy (non-hydrogen) atoms. The van der Waals surface area contributed by atoms with E-state index in [1.54, 1.807) is 0 Å². The third-order valence-corrected chi connectivity index (χ3v) is 5.40. The second kappa shape index (κ2) is 6.90. The van der Waals surface area contributed by atoms with Crippen molar-refractivity contribution in [3.63, 3.8) is 0 Å². The van der Waals surface area contributed by atoms with E-state index in [9.17, 15) is 0 Å². The summed E-state index contributed by atoms with van der Waals surface area (Å²) in [6.07, 6.45) is 18.6. The standard InChI is InChI=1S/C17H30N2/c1-2-8-14(9-3-1)19-17-12-5-4-10-15(17)16-11-6-7-13-18-16/h1-2,14-19H,3-13H2. The first-order valence-corrected chi connectivity index (χ1v) is 8.58. The molecule has 2 nitrogen and oxygen atoms in total. The molecule has 0 spiro atoms. The van der Waals surface area contributed by atoms with E-state index in [0.717, 1.165) is 24.0 Å². The van der Waals surface area contributed by atoms with Crippen molar-refractivity contribution in [1.82, 2.24) is 10.6 Å². The van der Waals surface area contributed by atoms with E-state index >= 15 is 0 Å². The largest absolute Gasteiger partial charge is 0.314 e. The molecule has 1 saturated heterocycles. The second-order valence-electron chi connectivity index (χ2n) is 6.76. The highest BCUT2D eigenvalue weighted by Gasteiger charge is 2.33. The Morgan fingerprint density at radius 3 is 2.58 bits per heavy atom. The topological polar surface area (TPSA) is 24.1 Å². The van der Waals surface area contributed by atoms with Gasteiger partial charge in [0.15, 0.2) is 0 Å². The Morgan fingerprint density at radius 2 is 1.79 bits per heavy atom. The zero-order valence-electron chi connectivity index (χ0n) is 12.2. The molecule has 2 N–H and O–H groups in total. The van der Waals surface area contributed by atoms with E-state index in [1.165, 1.54) is 70.8 Å². The van der Waals surface area contributed by atoms with Gasteiger partial charge < -0.3 is 10.6 Å². The lowest BCUT2D eigenvalue weighted by molar-refractivity contribution is 0.169. The fraction of sp³-hybridized carbons (Fsp3) is 0.882. The average molecular weight is 262 g/mol. The average Bonchev–Trinajstić information content (AvgIpc) is 2.50. The SMILES string of the molecule is C1=CCC(NC2CCCCC2C2CCCCN2)CC1. The first-order chi connectivity index (χ1) is 9.43. The Hall–Kier alpha value is -0.340. The Balaban J connectivity index is 1.58. The van der Waals surface area contributed by atoms with Gasteiger partial charge in [-0.15, -0.1) is 0 Å². The number of piperidine rings is 1. The molecule has 1 aliphatic heterocycles. The minimum Gasteiger partial charge on any atom is -0.314 e. The van der Waals surface area contributed by atoms with Crippen molar-refractivity contribution in [2.24, 2.45) is 5.92 Å². The molecular weight excluding hydrogens is 232 g/mol. The van der Waals surface area contributed by atoms with Gasteiger partial charge in [0.05, 0.1) is 0 Å². The molecule has 3 rings (SSSR count). The molecule has 2 aliphatic carbocycles. The molecule has 3 aliphatic rings. The molecule has 4 unspecified atom stereocenters. The van der Waals surface area contributed by atoms with E-state index < -0.39 is 0 Å². The lowest BCUT2D eigenvalue weighted by Crippen LogP contribution is -2.52. The van der Waals surface area contributed by atoms with Crippen LogP contribution in [0.25, 0.3) is 0 Å². The normalized spacial score (nSPS) is 40.2. The van der Waals surface area contributed by atoms with Gasteiger partial charge in [0.25, 0.3) is 0 Å². The Labute approximate surface area is 118 Å². The van der Waals surface area contributed by atoms with Crippen LogP contribution in [0.3, 0.4) is 0 Å². The molecule has 108 valence electrons. The number of allylic oxidation sites excluding steroid dienone is 1. The highest BCUT2D eigenvalue weighted by Crippen LogP contribution is 2.31. The predicted molar refractivity (Wildman–Crippen MR) is 81.3 cm³/mol. The smallest absolute Gasteiger partial charge is 0.0113 e. The molecule has 0 amide bonds. The lowest BCUT2D eigenvalue weighted by atomic mass is 9.76. The number of rotatable bonds is 3. The zero-order valence-corrected chi connectivity index (χ0v) is 12.2. The van der Waals surface area contributed by atoms with Crippen LogP contribution in [-0.2, 0) is 0 Å². The van der Waals surface area contributed by atoms with Crippen molar-refractivity contribution in [3.8, 4) is 0 Å². The van der Waals surface area contributed by atoms with Crippen LogP contribution in [0.15, 0.2) is 12.2 Å². The highest BCUT2D eigenvalue weighted by atomic mass is 15.0. The van der Waals surface area contributed by atoms with Crippen LogP contribution in [0.1, 0.15) is 64.2 Å². The predicted octanol–water partition coefficient (Wildman–Crippen LogP) is 3.39. The number of hydrogen-bond acceptors (Lipinski definition) is 2. The molecule has 1 saturated carbocycles. The molecule has 1 heterocycles. The van der Waals surface area contributed by atoms with Crippen molar-refractivity contribution in [2.45, 2.75) is 82.3 Å². The number of hydrogen-bond donors (Lipinski definition) is 2. The van der Waals surface area contributed by atoms with Gasteiger partial charge in [-0.25, -0.2) is 0 Å². The number of nitrogens with one attached hydrogen (secondary N) is 2. The van der Waals surface area contributed by atoms with Gasteiger partial charge >= 0.3 is 0 Å². The molecule has 0 aromatic rings. The summed E-state index contributed by atoms with van der Waals surface area (Å²) in [4.78, 5) is 0. The van der Waals surface area contributed by atoms with E-state index in [2.05, 4.69) is 22.8 Å². The summed E-state index contributed by atoms with van der Waals surface area (Å²) in [5.41, 5.74) is 0. The van der Waals surface area contributed by atoms with Crippen LogP contribution in [0.5, 0.6) is 0 Å². The van der Waals surface area contributed by atoms with Gasteiger partial charge in [-0.3, -0.25) is 0 Å². The second-order valence-corrected chi connectivity index (χ2v) is 6.76. The van der Waals surface area contributed by atoms with E-state index in [-0.39, 0.29) is 0 Å². The Bertz CT molecular complexity index is 294. The summed E-state index contributed by atoms with van der Waals surface area (Å²) in [5, 5.41) is 7.82. The summed E-state index contributed by atoms with van der Waals surface area (Å²) in [7, 11) is 0. The summed E-state index contributed by atoms with van der Waals surface area (Å²) >= 11 is 0. The highest BCUT2D eigenvalue weighted by molar-refractivity contribution is 4.97. The molecule has 0 aromatic heterocycles. The first-order valence-electron chi connectivity index (χ1n) is 8.58. The van der Waals surface area contributed by atoms with Crippen molar-refractivity contribution in [2.75, 3.05) is 6.54 Å². The summed E-state index contributed by atoms with van der Waals surface area (Å²) < 4.78 is 0. The van der Waals surface area contributed by atoms with Gasteiger partial charge in [0.1, 0.15) is 0 Å². The summed E-state index contributed by atoms with van der Waals surface area (Å²) in [6.45, 7) is 1.25. The molecular formula is C17H30N2. The molecule has 0 radical (unpaired) electrons. The Morgan fingerprint density at radius 1 is 0.895 bits per heavy atom. The monoisotopic (exact) mass is 262 g/mol. The van der Waals surface area contributed by atoms with Crippen molar-refractivity contribution >= 4 is 0 Å². The van der Waals surface area contributed by atoms with Crippen molar-refractivity contribution in [3.05, 3.63) is 12.2 Å². The van der Waals surface area contributed by atoms with Crippen LogP contribution in [0, 0.1) is 5.92 Å². The third-order valence-electron chi connectivity index (χ3n) is 5.40. The van der Waals surface area contributed by atoms with Gasteiger partial charge in [0.2, 0.25) is 0 Å². The maximum Gasteiger partial charge on any atom is 0.0113 e. The maximum absolute atomic E-state index is 4.01. The van der Waals surface area contributed by atoms with E-state index in [0.29, 0.717) is 0 Å². The van der Waals surface area contributed by atoms with Gasteiger partial charge in [0, 0.05) is 18.1 Å². The minimum atomic E-state index is 0.749. The summed E-state index contributed by atoms with van der Waals surface area (Å²) in [5.74, 6) is 0.889. The fourth-order valence-corrected chi connectivity index (χ4v) is 4.34. The molecule has 2 fully saturated rings. The third kappa shape index (κ3) is 3.61. The minimum absolute atomic E-state index is 0.749. The van der Waals surface area contributed by atoms with Crippen LogP contribution in [-0.4, -0.2) is 24.7 Å². The van der Waals surface area contributed by atoms with Crippen LogP contribution < -0.4 is 10.6 Å². The van der Waals surface area contributed by atoms with Gasteiger partial charge in [-0.05, 0) is 57.4 Å². The first kappa shape index (κ1) is 13.6. The van der Waals surface area contributed by atoms with Crippen LogP contribution in [0.2, 0.25) is 0 Å². The Kier molecular flexibility index (Phi) is 4.95. The quantitative estimate of drug-likeness (QED) is 0.762. The molecule has 4 atom stereocenters. The van der Waals surface area contributed by atoms with Gasteiger partial charge in [-0.1, -0.05) is 31.4 Å². The summed E-state index contributed by atoms with van der Waals surface area (Å²) in [6, 6.07) is 2.32. The molecule has 2 heteroatoms. The zero-order chi connectivity index (χ0) is 12.9. The van der Waals surface area contributed by atoms with Crippen molar-refractivity contribution < 1.29 is 0 Å². The van der Waals surface area contributed by atoms with Crippen molar-refractivity contribution in [1.29, 1.82) is 0 Å². The van der Waals surface area contributed by atoms with Gasteiger partial charge in [-0.2, -0.15) is 0 Å². The fourth-order valence-electron chi connectivity index (χ4n) is 4.34. The maximum atomic E-state index is 4.01. The molecule has 0 aromatic carbocycles. The van der Waals surface area contributed by atoms with Crippen LogP contribution in [0.4, 0.5) is 0 Å². The molecule has 0 bridgehead atoms. The lowest BCUT2D eigenvalue weighted by Gasteiger charge is -2.41. The van der Waals surface area contributed by atoms with E-state index in [1.807, 2.05) is 0 Å². The van der Waals surface area contributed by atoms with E-state index in [4.69, 9.17) is 0 Å².